The van der Waals surface area contributed by atoms with Crippen LogP contribution in [0, 0.1) is 5.92 Å². The van der Waals surface area contributed by atoms with E-state index in [1.54, 1.807) is 0 Å². The van der Waals surface area contributed by atoms with E-state index in [-0.39, 0.29) is 6.03 Å². The number of hydrogen-bond acceptors (Lipinski definition) is 2. The number of carbonyl (C=O) groups is 1. The molecular formula is C14H25N3O. The first kappa shape index (κ1) is 12.3. The van der Waals surface area contributed by atoms with Gasteiger partial charge in [-0.25, -0.2) is 4.79 Å². The van der Waals surface area contributed by atoms with Crippen LogP contribution in [0.2, 0.25) is 0 Å². The van der Waals surface area contributed by atoms with Crippen LogP contribution in [0.5, 0.6) is 0 Å². The quantitative estimate of drug-likeness (QED) is 0.802. The van der Waals surface area contributed by atoms with Crippen molar-refractivity contribution in [3.05, 3.63) is 0 Å². The van der Waals surface area contributed by atoms with Crippen molar-refractivity contribution < 1.29 is 4.79 Å². The fraction of sp³-hybridized carbons (Fsp3) is 0.929. The Morgan fingerprint density at radius 3 is 2.44 bits per heavy atom. The molecule has 2 amide bonds. The molecule has 2 saturated heterocycles. The number of carbonyl (C=O) groups excluding carboxylic acids is 1. The molecule has 3 rings (SSSR count). The number of urea groups is 1. The predicted molar refractivity (Wildman–Crippen MR) is 71.5 cm³/mol. The van der Waals surface area contributed by atoms with Gasteiger partial charge in [0.15, 0.2) is 0 Å². The number of hydrogen-bond donors (Lipinski definition) is 2. The van der Waals surface area contributed by atoms with Gasteiger partial charge in [0.1, 0.15) is 0 Å². The van der Waals surface area contributed by atoms with Gasteiger partial charge in [-0.15, -0.1) is 0 Å². The molecular weight excluding hydrogens is 226 g/mol. The lowest BCUT2D eigenvalue weighted by Crippen LogP contribution is -2.56. The minimum atomic E-state index is 0.0505. The van der Waals surface area contributed by atoms with Gasteiger partial charge in [0.25, 0.3) is 0 Å². The molecule has 2 bridgehead atoms. The van der Waals surface area contributed by atoms with E-state index in [0.717, 1.165) is 25.3 Å². The molecule has 102 valence electrons. The Bertz CT molecular complexity index is 302. The van der Waals surface area contributed by atoms with E-state index < -0.39 is 0 Å². The normalized spacial score (nSPS) is 36.2. The SMILES string of the molecule is CN1C2CCCC1CC(NC(=O)NCC1CC1)C2. The standard InChI is InChI=1S/C14H25N3O/c1-17-12-3-2-4-13(17)8-11(7-12)16-14(18)15-9-10-5-6-10/h10-13H,2-9H2,1H3,(H2,15,16,18). The highest BCUT2D eigenvalue weighted by Crippen LogP contribution is 2.32. The summed E-state index contributed by atoms with van der Waals surface area (Å²) in [5.74, 6) is 0.757. The third-order valence-electron chi connectivity index (χ3n) is 4.92. The van der Waals surface area contributed by atoms with Crippen LogP contribution in [0.4, 0.5) is 4.79 Å². The van der Waals surface area contributed by atoms with Crippen LogP contribution in [0.25, 0.3) is 0 Å². The Labute approximate surface area is 109 Å². The Hall–Kier alpha value is -0.770. The van der Waals surface area contributed by atoms with Gasteiger partial charge in [-0.05, 0) is 51.5 Å². The molecule has 2 N–H and O–H groups in total. The number of fused-ring (bicyclic) bond motifs is 2. The zero-order chi connectivity index (χ0) is 12.5. The highest BCUT2D eigenvalue weighted by atomic mass is 16.2. The van der Waals surface area contributed by atoms with Crippen LogP contribution in [0.15, 0.2) is 0 Å². The first-order valence-electron chi connectivity index (χ1n) is 7.48. The van der Waals surface area contributed by atoms with E-state index in [9.17, 15) is 4.79 Å². The number of piperidine rings is 2. The summed E-state index contributed by atoms with van der Waals surface area (Å²) < 4.78 is 0. The lowest BCUT2D eigenvalue weighted by molar-refractivity contribution is 0.0509. The summed E-state index contributed by atoms with van der Waals surface area (Å²) in [6.45, 7) is 0.866. The van der Waals surface area contributed by atoms with Gasteiger partial charge >= 0.3 is 6.03 Å². The van der Waals surface area contributed by atoms with Gasteiger partial charge in [-0.2, -0.15) is 0 Å². The highest BCUT2D eigenvalue weighted by molar-refractivity contribution is 5.74. The summed E-state index contributed by atoms with van der Waals surface area (Å²) in [6.07, 6.45) is 8.80. The molecule has 2 heterocycles. The van der Waals surface area contributed by atoms with Crippen LogP contribution < -0.4 is 10.6 Å². The van der Waals surface area contributed by atoms with Crippen LogP contribution in [0.1, 0.15) is 44.9 Å². The molecule has 0 aromatic heterocycles. The fourth-order valence-electron chi connectivity index (χ4n) is 3.53. The second kappa shape index (κ2) is 5.08. The fourth-order valence-corrected chi connectivity index (χ4v) is 3.53. The number of rotatable bonds is 3. The predicted octanol–water partition coefficient (Wildman–Crippen LogP) is 1.71. The van der Waals surface area contributed by atoms with Crippen molar-refractivity contribution in [1.82, 2.24) is 15.5 Å². The molecule has 3 fully saturated rings. The first-order valence-corrected chi connectivity index (χ1v) is 7.48. The van der Waals surface area contributed by atoms with Gasteiger partial charge in [0, 0.05) is 24.7 Å². The minimum absolute atomic E-state index is 0.0505. The lowest BCUT2D eigenvalue weighted by atomic mass is 9.82. The molecule has 0 spiro atoms. The molecule has 2 unspecified atom stereocenters. The molecule has 4 nitrogen and oxygen atoms in total. The van der Waals surface area contributed by atoms with Gasteiger partial charge in [0.2, 0.25) is 0 Å². The van der Waals surface area contributed by atoms with E-state index in [2.05, 4.69) is 22.6 Å². The summed E-state index contributed by atoms with van der Waals surface area (Å²) >= 11 is 0. The molecule has 1 saturated carbocycles. The zero-order valence-corrected chi connectivity index (χ0v) is 11.3. The Balaban J connectivity index is 1.46. The van der Waals surface area contributed by atoms with Crippen molar-refractivity contribution >= 4 is 6.03 Å². The number of amides is 2. The average Bonchev–Trinajstić information content (AvgIpc) is 3.12. The molecule has 1 aliphatic carbocycles. The molecule has 0 aromatic carbocycles. The van der Waals surface area contributed by atoms with E-state index >= 15 is 0 Å². The lowest BCUT2D eigenvalue weighted by Gasteiger charge is -2.47. The average molecular weight is 251 g/mol. The molecule has 4 heteroatoms. The monoisotopic (exact) mass is 251 g/mol. The van der Waals surface area contributed by atoms with Crippen molar-refractivity contribution in [3.8, 4) is 0 Å². The van der Waals surface area contributed by atoms with Gasteiger partial charge in [-0.1, -0.05) is 6.42 Å². The summed E-state index contributed by atoms with van der Waals surface area (Å²) in [5.41, 5.74) is 0. The Morgan fingerprint density at radius 2 is 1.83 bits per heavy atom. The summed E-state index contributed by atoms with van der Waals surface area (Å²) in [6, 6.07) is 1.81. The van der Waals surface area contributed by atoms with Crippen molar-refractivity contribution in [1.29, 1.82) is 0 Å². The number of nitrogens with zero attached hydrogens (tertiary/aromatic N) is 1. The Morgan fingerprint density at radius 1 is 1.17 bits per heavy atom. The maximum atomic E-state index is 11.8. The van der Waals surface area contributed by atoms with E-state index in [1.807, 2.05) is 0 Å². The minimum Gasteiger partial charge on any atom is -0.338 e. The van der Waals surface area contributed by atoms with Crippen molar-refractivity contribution in [3.63, 3.8) is 0 Å². The molecule has 2 atom stereocenters. The van der Waals surface area contributed by atoms with Gasteiger partial charge < -0.3 is 15.5 Å². The van der Waals surface area contributed by atoms with Crippen molar-refractivity contribution in [2.75, 3.05) is 13.6 Å². The van der Waals surface area contributed by atoms with Crippen LogP contribution in [0.3, 0.4) is 0 Å². The molecule has 3 aliphatic rings. The summed E-state index contributed by atoms with van der Waals surface area (Å²) in [5, 5.41) is 6.18. The van der Waals surface area contributed by atoms with Crippen molar-refractivity contribution in [2.24, 2.45) is 5.92 Å². The zero-order valence-electron chi connectivity index (χ0n) is 11.3. The first-order chi connectivity index (χ1) is 8.72. The number of nitrogens with one attached hydrogen (secondary N) is 2. The smallest absolute Gasteiger partial charge is 0.315 e. The molecule has 0 aromatic rings. The van der Waals surface area contributed by atoms with Gasteiger partial charge in [0.05, 0.1) is 0 Å². The molecule has 2 aliphatic heterocycles. The molecule has 0 radical (unpaired) electrons. The third kappa shape index (κ3) is 2.79. The van der Waals surface area contributed by atoms with Crippen LogP contribution >= 0.6 is 0 Å². The molecule has 18 heavy (non-hydrogen) atoms. The van der Waals surface area contributed by atoms with Crippen LogP contribution in [-0.4, -0.2) is 42.6 Å². The second-order valence-electron chi connectivity index (χ2n) is 6.37. The largest absolute Gasteiger partial charge is 0.338 e. The van der Waals surface area contributed by atoms with Crippen LogP contribution in [-0.2, 0) is 0 Å². The third-order valence-corrected chi connectivity index (χ3v) is 4.92. The second-order valence-corrected chi connectivity index (χ2v) is 6.37. The maximum Gasteiger partial charge on any atom is 0.315 e. The van der Waals surface area contributed by atoms with E-state index in [1.165, 1.54) is 32.1 Å². The summed E-state index contributed by atoms with van der Waals surface area (Å²) in [7, 11) is 2.25. The van der Waals surface area contributed by atoms with Gasteiger partial charge in [-0.3, -0.25) is 0 Å². The van der Waals surface area contributed by atoms with Crippen molar-refractivity contribution in [2.45, 2.75) is 63.1 Å². The highest BCUT2D eigenvalue weighted by Gasteiger charge is 2.36. The summed E-state index contributed by atoms with van der Waals surface area (Å²) in [4.78, 5) is 14.3. The maximum absolute atomic E-state index is 11.8. The van der Waals surface area contributed by atoms with E-state index in [4.69, 9.17) is 0 Å². The van der Waals surface area contributed by atoms with E-state index in [0.29, 0.717) is 18.1 Å². The topological polar surface area (TPSA) is 44.4 Å². The Kier molecular flexibility index (Phi) is 3.46.